The van der Waals surface area contributed by atoms with Gasteiger partial charge < -0.3 is 18.6 Å². The second-order valence-electron chi connectivity index (χ2n) is 7.46. The van der Waals surface area contributed by atoms with Crippen LogP contribution in [0.2, 0.25) is 0 Å². The van der Waals surface area contributed by atoms with Crippen LogP contribution in [-0.4, -0.2) is 23.0 Å². The van der Waals surface area contributed by atoms with Crippen molar-refractivity contribution in [2.45, 2.75) is 33.9 Å². The molecule has 4 rings (SSSR count). The molecular weight excluding hydrogens is 380 g/mol. The predicted octanol–water partition coefficient (Wildman–Crippen LogP) is 5.20. The number of amides is 1. The third-order valence-electron chi connectivity index (χ3n) is 5.17. The minimum absolute atomic E-state index is 0.136. The number of aryl methyl sites for hydroxylation is 3. The van der Waals surface area contributed by atoms with Crippen LogP contribution in [0.5, 0.6) is 5.75 Å². The number of hydrogen-bond acceptors (Lipinski definition) is 5. The molecule has 0 bridgehead atoms. The lowest BCUT2D eigenvalue weighted by molar-refractivity contribution is 0.0770. The molecule has 0 N–H and O–H groups in total. The molecule has 0 aliphatic rings. The van der Waals surface area contributed by atoms with Crippen molar-refractivity contribution in [1.29, 1.82) is 0 Å². The first-order chi connectivity index (χ1) is 14.4. The number of carbonyl (C=O) groups excluding carboxylic acids is 1. The number of hydrogen-bond donors (Lipinski definition) is 0. The van der Waals surface area contributed by atoms with E-state index in [1.54, 1.807) is 11.9 Å². The van der Waals surface area contributed by atoms with Crippen molar-refractivity contribution in [3.8, 4) is 5.75 Å². The average Bonchev–Trinajstić information content (AvgIpc) is 3.29. The standard InChI is InChI=1S/C24H24N2O4/c1-15-9-10-20(29-15)13-26(4)24(27)21-11-18-7-5-6-8-19(18)12-23(21)28-14-22-16(2)25-30-17(22)3/h5-12H,13-14H2,1-4H3. The van der Waals surface area contributed by atoms with Gasteiger partial charge in [0.05, 0.1) is 23.4 Å². The van der Waals surface area contributed by atoms with Crippen molar-refractivity contribution >= 4 is 16.7 Å². The van der Waals surface area contributed by atoms with Gasteiger partial charge in [0.1, 0.15) is 29.6 Å². The van der Waals surface area contributed by atoms with Gasteiger partial charge in [0, 0.05) is 7.05 Å². The van der Waals surface area contributed by atoms with E-state index in [4.69, 9.17) is 13.7 Å². The van der Waals surface area contributed by atoms with Gasteiger partial charge in [0.15, 0.2) is 0 Å². The zero-order valence-electron chi connectivity index (χ0n) is 17.6. The lowest BCUT2D eigenvalue weighted by Gasteiger charge is -2.19. The van der Waals surface area contributed by atoms with Crippen LogP contribution in [0.25, 0.3) is 10.8 Å². The number of nitrogens with zero attached hydrogens (tertiary/aromatic N) is 2. The van der Waals surface area contributed by atoms with Crippen LogP contribution in [0.1, 0.15) is 38.9 Å². The number of fused-ring (bicyclic) bond motifs is 1. The number of carbonyl (C=O) groups is 1. The molecule has 0 radical (unpaired) electrons. The van der Waals surface area contributed by atoms with Crippen LogP contribution < -0.4 is 4.74 Å². The van der Waals surface area contributed by atoms with Crippen molar-refractivity contribution in [3.63, 3.8) is 0 Å². The highest BCUT2D eigenvalue weighted by atomic mass is 16.5. The van der Waals surface area contributed by atoms with Crippen LogP contribution in [0.15, 0.2) is 57.5 Å². The van der Waals surface area contributed by atoms with Crippen LogP contribution in [-0.2, 0) is 13.2 Å². The Morgan fingerprint density at radius 1 is 1.07 bits per heavy atom. The molecule has 0 spiro atoms. The van der Waals surface area contributed by atoms with Crippen molar-refractivity contribution in [2.24, 2.45) is 0 Å². The first-order valence-corrected chi connectivity index (χ1v) is 9.80. The van der Waals surface area contributed by atoms with Crippen LogP contribution in [0, 0.1) is 20.8 Å². The van der Waals surface area contributed by atoms with E-state index in [0.29, 0.717) is 23.6 Å². The summed E-state index contributed by atoms with van der Waals surface area (Å²) in [5, 5.41) is 5.96. The molecule has 6 heteroatoms. The molecule has 0 saturated carbocycles. The van der Waals surface area contributed by atoms with E-state index in [2.05, 4.69) is 5.16 Å². The first kappa shape index (κ1) is 19.8. The summed E-state index contributed by atoms with van der Waals surface area (Å²) in [6, 6.07) is 15.5. The maximum atomic E-state index is 13.3. The Bertz CT molecular complexity index is 1190. The van der Waals surface area contributed by atoms with E-state index in [1.807, 2.05) is 69.3 Å². The lowest BCUT2D eigenvalue weighted by Crippen LogP contribution is -2.26. The lowest BCUT2D eigenvalue weighted by atomic mass is 10.0. The highest BCUT2D eigenvalue weighted by Crippen LogP contribution is 2.29. The van der Waals surface area contributed by atoms with Crippen LogP contribution in [0.3, 0.4) is 0 Å². The summed E-state index contributed by atoms with van der Waals surface area (Å²) in [7, 11) is 1.76. The fourth-order valence-electron chi connectivity index (χ4n) is 3.45. The first-order valence-electron chi connectivity index (χ1n) is 9.80. The van der Waals surface area contributed by atoms with Gasteiger partial charge in [-0.2, -0.15) is 0 Å². The third kappa shape index (κ3) is 3.94. The summed E-state index contributed by atoms with van der Waals surface area (Å²) >= 11 is 0. The number of furan rings is 1. The monoisotopic (exact) mass is 404 g/mol. The summed E-state index contributed by atoms with van der Waals surface area (Å²) in [4.78, 5) is 14.9. The molecule has 0 fully saturated rings. The molecule has 4 aromatic rings. The van der Waals surface area contributed by atoms with Crippen molar-refractivity contribution < 1.29 is 18.5 Å². The molecule has 0 aliphatic heterocycles. The van der Waals surface area contributed by atoms with E-state index in [1.165, 1.54) is 0 Å². The summed E-state index contributed by atoms with van der Waals surface area (Å²) in [6.45, 7) is 6.27. The van der Waals surface area contributed by atoms with Gasteiger partial charge in [0.2, 0.25) is 0 Å². The average molecular weight is 404 g/mol. The summed E-state index contributed by atoms with van der Waals surface area (Å²) in [5.41, 5.74) is 2.18. The SMILES string of the molecule is Cc1ccc(CN(C)C(=O)c2cc3ccccc3cc2OCc2c(C)noc2C)o1. The number of ether oxygens (including phenoxy) is 1. The second kappa shape index (κ2) is 8.06. The molecule has 30 heavy (non-hydrogen) atoms. The number of aromatic nitrogens is 1. The van der Waals surface area contributed by atoms with Gasteiger partial charge in [-0.1, -0.05) is 29.4 Å². The van der Waals surface area contributed by atoms with Crippen LogP contribution in [0.4, 0.5) is 0 Å². The Labute approximate surface area is 175 Å². The van der Waals surface area contributed by atoms with Gasteiger partial charge in [-0.3, -0.25) is 4.79 Å². The number of benzene rings is 2. The topological polar surface area (TPSA) is 68.7 Å². The normalized spacial score (nSPS) is 11.1. The Hall–Kier alpha value is -3.54. The van der Waals surface area contributed by atoms with Crippen molar-refractivity contribution in [1.82, 2.24) is 10.1 Å². The highest BCUT2D eigenvalue weighted by molar-refractivity contribution is 6.01. The van der Waals surface area contributed by atoms with Gasteiger partial charge >= 0.3 is 0 Å². The molecule has 0 unspecified atom stereocenters. The summed E-state index contributed by atoms with van der Waals surface area (Å²) < 4.78 is 16.9. The van der Waals surface area contributed by atoms with E-state index < -0.39 is 0 Å². The fourth-order valence-corrected chi connectivity index (χ4v) is 3.45. The largest absolute Gasteiger partial charge is 0.488 e. The Morgan fingerprint density at radius 2 is 1.80 bits per heavy atom. The minimum atomic E-state index is -0.136. The molecule has 1 amide bonds. The minimum Gasteiger partial charge on any atom is -0.488 e. The highest BCUT2D eigenvalue weighted by Gasteiger charge is 2.20. The van der Waals surface area contributed by atoms with E-state index >= 15 is 0 Å². The molecular formula is C24H24N2O4. The van der Waals surface area contributed by atoms with E-state index in [9.17, 15) is 4.79 Å². The Kier molecular flexibility index (Phi) is 5.31. The maximum Gasteiger partial charge on any atom is 0.257 e. The van der Waals surface area contributed by atoms with Crippen LogP contribution >= 0.6 is 0 Å². The molecule has 2 heterocycles. The zero-order valence-corrected chi connectivity index (χ0v) is 17.6. The molecule has 154 valence electrons. The summed E-state index contributed by atoms with van der Waals surface area (Å²) in [6.07, 6.45) is 0. The Morgan fingerprint density at radius 3 is 2.43 bits per heavy atom. The second-order valence-corrected chi connectivity index (χ2v) is 7.46. The van der Waals surface area contributed by atoms with Gasteiger partial charge in [0.25, 0.3) is 5.91 Å². The van der Waals surface area contributed by atoms with Crippen molar-refractivity contribution in [2.75, 3.05) is 7.05 Å². The molecule has 0 aliphatic carbocycles. The van der Waals surface area contributed by atoms with E-state index in [0.717, 1.165) is 33.6 Å². The molecule has 0 atom stereocenters. The Balaban J connectivity index is 1.66. The van der Waals surface area contributed by atoms with Gasteiger partial charge in [-0.05, 0) is 55.8 Å². The van der Waals surface area contributed by atoms with Gasteiger partial charge in [-0.15, -0.1) is 0 Å². The number of rotatable bonds is 6. The van der Waals surface area contributed by atoms with Crippen molar-refractivity contribution in [3.05, 3.63) is 82.6 Å². The molecule has 2 aromatic heterocycles. The molecule has 2 aromatic carbocycles. The quantitative estimate of drug-likeness (QED) is 0.442. The maximum absolute atomic E-state index is 13.3. The smallest absolute Gasteiger partial charge is 0.257 e. The molecule has 0 saturated heterocycles. The summed E-state index contributed by atoms with van der Waals surface area (Å²) in [5.74, 6) is 2.67. The fraction of sp³-hybridized carbons (Fsp3) is 0.250. The van der Waals surface area contributed by atoms with Gasteiger partial charge in [-0.25, -0.2) is 0 Å². The predicted molar refractivity (Wildman–Crippen MR) is 113 cm³/mol. The molecule has 6 nitrogen and oxygen atoms in total. The zero-order chi connectivity index (χ0) is 21.3. The third-order valence-corrected chi connectivity index (χ3v) is 5.17. The van der Waals surface area contributed by atoms with E-state index in [-0.39, 0.29) is 12.5 Å².